The predicted octanol–water partition coefficient (Wildman–Crippen LogP) is 1.49. The lowest BCUT2D eigenvalue weighted by molar-refractivity contribution is -0.132. The first kappa shape index (κ1) is 17.0. The average Bonchev–Trinajstić information content (AvgIpc) is 2.44. The highest BCUT2D eigenvalue weighted by Gasteiger charge is 2.26. The van der Waals surface area contributed by atoms with Crippen LogP contribution in [0.25, 0.3) is 0 Å². The van der Waals surface area contributed by atoms with E-state index in [0.29, 0.717) is 19.6 Å². The van der Waals surface area contributed by atoms with Crippen LogP contribution in [0, 0.1) is 5.92 Å². The van der Waals surface area contributed by atoms with Gasteiger partial charge in [-0.25, -0.2) is 8.42 Å². The summed E-state index contributed by atoms with van der Waals surface area (Å²) in [4.78, 5) is 14.2. The number of fused-ring (bicyclic) bond motifs is 1. The van der Waals surface area contributed by atoms with Gasteiger partial charge in [-0.2, -0.15) is 4.31 Å². The summed E-state index contributed by atoms with van der Waals surface area (Å²) in [6.07, 6.45) is 1.99. The Labute approximate surface area is 133 Å². The summed E-state index contributed by atoms with van der Waals surface area (Å²) in [5.41, 5.74) is 2.42. The molecular formula is C16H24N2O3S. The fraction of sp³-hybridized carbons (Fsp3) is 0.562. The molecule has 6 heteroatoms. The predicted molar refractivity (Wildman–Crippen MR) is 86.8 cm³/mol. The van der Waals surface area contributed by atoms with Crippen LogP contribution in [0.3, 0.4) is 0 Å². The normalized spacial score (nSPS) is 15.2. The number of hydrogen-bond donors (Lipinski definition) is 0. The smallest absolute Gasteiger partial charge is 0.238 e. The molecule has 0 aromatic heterocycles. The molecule has 0 saturated carbocycles. The third-order valence-electron chi connectivity index (χ3n) is 3.83. The van der Waals surface area contributed by atoms with Gasteiger partial charge in [0.05, 0.1) is 12.8 Å². The molecule has 1 amide bonds. The standard InChI is InChI=1S/C16H24N2O3S/c1-13(2)10-18(22(3,20)21)12-16(19)17-9-8-14-6-4-5-7-15(14)11-17/h4-7,13H,8-12H2,1-3H3. The Hall–Kier alpha value is -1.40. The van der Waals surface area contributed by atoms with Crippen LogP contribution in [0.1, 0.15) is 25.0 Å². The fourth-order valence-electron chi connectivity index (χ4n) is 2.68. The highest BCUT2D eigenvalue weighted by molar-refractivity contribution is 7.88. The van der Waals surface area contributed by atoms with Crippen LogP contribution in [0.5, 0.6) is 0 Å². The van der Waals surface area contributed by atoms with E-state index in [1.807, 2.05) is 32.0 Å². The summed E-state index contributed by atoms with van der Waals surface area (Å²) in [6.45, 7) is 5.40. The molecule has 2 rings (SSSR count). The highest BCUT2D eigenvalue weighted by Crippen LogP contribution is 2.19. The largest absolute Gasteiger partial charge is 0.337 e. The van der Waals surface area contributed by atoms with E-state index >= 15 is 0 Å². The molecule has 1 heterocycles. The minimum absolute atomic E-state index is 0.0703. The second-order valence-electron chi connectivity index (χ2n) is 6.28. The number of sulfonamides is 1. The van der Waals surface area contributed by atoms with E-state index in [-0.39, 0.29) is 18.4 Å². The number of benzene rings is 1. The van der Waals surface area contributed by atoms with Gasteiger partial charge in [0.2, 0.25) is 15.9 Å². The van der Waals surface area contributed by atoms with Gasteiger partial charge in [-0.3, -0.25) is 4.79 Å². The number of carbonyl (C=O) groups excluding carboxylic acids is 1. The van der Waals surface area contributed by atoms with Crippen molar-refractivity contribution >= 4 is 15.9 Å². The Bertz CT molecular complexity index is 641. The molecule has 0 fully saturated rings. The van der Waals surface area contributed by atoms with Crippen molar-refractivity contribution in [3.8, 4) is 0 Å². The molecule has 0 saturated heterocycles. The first-order valence-electron chi connectivity index (χ1n) is 7.57. The monoisotopic (exact) mass is 324 g/mol. The van der Waals surface area contributed by atoms with Crippen molar-refractivity contribution in [1.29, 1.82) is 0 Å². The Morgan fingerprint density at radius 3 is 2.50 bits per heavy atom. The van der Waals surface area contributed by atoms with Gasteiger partial charge >= 0.3 is 0 Å². The zero-order valence-corrected chi connectivity index (χ0v) is 14.3. The van der Waals surface area contributed by atoms with Gasteiger partial charge in [-0.15, -0.1) is 0 Å². The maximum atomic E-state index is 12.5. The van der Waals surface area contributed by atoms with Crippen LogP contribution in [-0.4, -0.2) is 49.4 Å². The number of rotatable bonds is 5. The molecule has 0 aliphatic carbocycles. The summed E-state index contributed by atoms with van der Waals surface area (Å²) in [5.74, 6) is 0.0604. The van der Waals surface area contributed by atoms with E-state index in [2.05, 4.69) is 6.07 Å². The van der Waals surface area contributed by atoms with Crippen LogP contribution < -0.4 is 0 Å². The van der Waals surface area contributed by atoms with E-state index in [0.717, 1.165) is 18.2 Å². The van der Waals surface area contributed by atoms with E-state index < -0.39 is 10.0 Å². The van der Waals surface area contributed by atoms with Crippen LogP contribution in [0.15, 0.2) is 24.3 Å². The molecule has 1 aliphatic heterocycles. The van der Waals surface area contributed by atoms with Gasteiger partial charge in [0.25, 0.3) is 0 Å². The number of hydrogen-bond acceptors (Lipinski definition) is 3. The summed E-state index contributed by atoms with van der Waals surface area (Å²) in [5, 5.41) is 0. The molecule has 0 unspecified atom stereocenters. The Kier molecular flexibility index (Phi) is 5.24. The zero-order chi connectivity index (χ0) is 16.3. The molecule has 0 bridgehead atoms. The van der Waals surface area contributed by atoms with Gasteiger partial charge < -0.3 is 4.90 Å². The molecule has 1 aromatic carbocycles. The third-order valence-corrected chi connectivity index (χ3v) is 5.05. The molecule has 5 nitrogen and oxygen atoms in total. The second kappa shape index (κ2) is 6.79. The topological polar surface area (TPSA) is 57.7 Å². The van der Waals surface area contributed by atoms with Crippen LogP contribution in [0.2, 0.25) is 0 Å². The second-order valence-corrected chi connectivity index (χ2v) is 8.27. The minimum Gasteiger partial charge on any atom is -0.337 e. The van der Waals surface area contributed by atoms with Crippen LogP contribution in [-0.2, 0) is 27.8 Å². The molecule has 0 radical (unpaired) electrons. The van der Waals surface area contributed by atoms with E-state index in [1.54, 1.807) is 4.90 Å². The maximum absolute atomic E-state index is 12.5. The van der Waals surface area contributed by atoms with Crippen molar-refractivity contribution in [3.63, 3.8) is 0 Å². The number of amides is 1. The maximum Gasteiger partial charge on any atom is 0.238 e. The molecule has 0 atom stereocenters. The van der Waals surface area contributed by atoms with Gasteiger partial charge in [0.15, 0.2) is 0 Å². The molecule has 0 N–H and O–H groups in total. The van der Waals surface area contributed by atoms with Crippen molar-refractivity contribution in [2.45, 2.75) is 26.8 Å². The number of carbonyl (C=O) groups is 1. The van der Waals surface area contributed by atoms with Crippen molar-refractivity contribution in [1.82, 2.24) is 9.21 Å². The quantitative estimate of drug-likeness (QED) is 0.824. The van der Waals surface area contributed by atoms with Crippen LogP contribution in [0.4, 0.5) is 0 Å². The Balaban J connectivity index is 2.06. The molecule has 1 aliphatic rings. The van der Waals surface area contributed by atoms with E-state index in [9.17, 15) is 13.2 Å². The van der Waals surface area contributed by atoms with Gasteiger partial charge in [-0.05, 0) is 23.5 Å². The first-order chi connectivity index (χ1) is 10.3. The molecule has 22 heavy (non-hydrogen) atoms. The third kappa shape index (κ3) is 4.30. The van der Waals surface area contributed by atoms with Crippen molar-refractivity contribution < 1.29 is 13.2 Å². The average molecular weight is 324 g/mol. The summed E-state index contributed by atoms with van der Waals surface area (Å²) >= 11 is 0. The Morgan fingerprint density at radius 1 is 1.27 bits per heavy atom. The fourth-order valence-corrected chi connectivity index (χ4v) is 3.60. The zero-order valence-electron chi connectivity index (χ0n) is 13.4. The minimum atomic E-state index is -3.37. The number of nitrogens with zero attached hydrogens (tertiary/aromatic N) is 2. The summed E-state index contributed by atoms with van der Waals surface area (Å²) in [6, 6.07) is 8.08. The van der Waals surface area contributed by atoms with Gasteiger partial charge in [0, 0.05) is 19.6 Å². The molecule has 122 valence electrons. The van der Waals surface area contributed by atoms with E-state index in [4.69, 9.17) is 0 Å². The summed E-state index contributed by atoms with van der Waals surface area (Å²) < 4.78 is 25.0. The molecule has 1 aromatic rings. The van der Waals surface area contributed by atoms with Crippen molar-refractivity contribution in [2.24, 2.45) is 5.92 Å². The molecule has 0 spiro atoms. The van der Waals surface area contributed by atoms with E-state index in [1.165, 1.54) is 9.87 Å². The van der Waals surface area contributed by atoms with Gasteiger partial charge in [-0.1, -0.05) is 38.1 Å². The lowest BCUT2D eigenvalue weighted by Gasteiger charge is -2.31. The Morgan fingerprint density at radius 2 is 1.91 bits per heavy atom. The van der Waals surface area contributed by atoms with Crippen LogP contribution >= 0.6 is 0 Å². The summed E-state index contributed by atoms with van der Waals surface area (Å²) in [7, 11) is -3.37. The van der Waals surface area contributed by atoms with Crippen molar-refractivity contribution in [2.75, 3.05) is 25.9 Å². The SMILES string of the molecule is CC(C)CN(CC(=O)N1CCc2ccccc2C1)S(C)(=O)=O. The highest BCUT2D eigenvalue weighted by atomic mass is 32.2. The van der Waals surface area contributed by atoms with Crippen molar-refractivity contribution in [3.05, 3.63) is 35.4 Å². The van der Waals surface area contributed by atoms with Gasteiger partial charge in [0.1, 0.15) is 0 Å². The molecular weight excluding hydrogens is 300 g/mol. The first-order valence-corrected chi connectivity index (χ1v) is 9.42. The lowest BCUT2D eigenvalue weighted by Crippen LogP contribution is -2.45. The lowest BCUT2D eigenvalue weighted by atomic mass is 10.00.